The average molecular weight is 260 g/mol. The first-order valence-electron chi connectivity index (χ1n) is 5.21. The lowest BCUT2D eigenvalue weighted by Gasteiger charge is -2.20. The van der Waals surface area contributed by atoms with Crippen LogP contribution in [0.5, 0.6) is 0 Å². The van der Waals surface area contributed by atoms with Crippen molar-refractivity contribution in [2.45, 2.75) is 32.6 Å². The van der Waals surface area contributed by atoms with E-state index < -0.39 is 5.38 Å². The Kier molecular flexibility index (Phi) is 4.63. The molecule has 1 rings (SSSR count). The van der Waals surface area contributed by atoms with Gasteiger partial charge in [0.2, 0.25) is 0 Å². The Bertz CT molecular complexity index is 391. The fourth-order valence-electron chi connectivity index (χ4n) is 1.55. The number of hydrogen-bond acceptors (Lipinski definition) is 1. The van der Waals surface area contributed by atoms with Crippen molar-refractivity contribution in [2.24, 2.45) is 0 Å². The maximum Gasteiger partial charge on any atom is 0.259 e. The van der Waals surface area contributed by atoms with Crippen LogP contribution < -0.4 is 4.42 Å². The molecule has 2 nitrogen and oxygen atoms in total. The molecule has 0 spiro atoms. The maximum atomic E-state index is 11.7. The van der Waals surface area contributed by atoms with Crippen molar-refractivity contribution >= 4 is 35.0 Å². The second kappa shape index (κ2) is 5.55. The Morgan fingerprint density at radius 2 is 2.12 bits per heavy atom. The Hall–Kier alpha value is -0.730. The number of rotatable bonds is 3. The van der Waals surface area contributed by atoms with Crippen molar-refractivity contribution < 1.29 is 4.79 Å². The van der Waals surface area contributed by atoms with Crippen LogP contribution in [0.15, 0.2) is 18.2 Å². The Morgan fingerprint density at radius 1 is 1.50 bits per heavy atom. The number of hydrogen-bond donors (Lipinski definition) is 0. The molecule has 0 saturated heterocycles. The molecule has 0 radical (unpaired) electrons. The lowest BCUT2D eigenvalue weighted by Crippen LogP contribution is -2.28. The van der Waals surface area contributed by atoms with E-state index >= 15 is 0 Å². The van der Waals surface area contributed by atoms with Gasteiger partial charge in [0.05, 0.1) is 5.69 Å². The lowest BCUT2D eigenvalue weighted by atomic mass is 10.1. The molecular formula is C12H15Cl2NO. The molecule has 0 heterocycles. The topological polar surface area (TPSA) is 20.3 Å². The van der Waals surface area contributed by atoms with Crippen LogP contribution in [0.4, 0.5) is 5.69 Å². The fraction of sp³-hybridized carbons (Fsp3) is 0.417. The molecule has 0 aliphatic carbocycles. The number of amides is 1. The number of aryl methyl sites for hydroxylation is 2. The fourth-order valence-corrected chi connectivity index (χ4v) is 2.09. The number of carbonyl (C=O) groups excluding carboxylic acids is 1. The van der Waals surface area contributed by atoms with Crippen LogP contribution in [0.2, 0.25) is 0 Å². The van der Waals surface area contributed by atoms with E-state index in [1.165, 1.54) is 0 Å². The van der Waals surface area contributed by atoms with E-state index in [1.807, 2.05) is 32.0 Å². The number of nitrogens with zero attached hydrogens (tertiary/aromatic N) is 1. The van der Waals surface area contributed by atoms with Gasteiger partial charge in [0.25, 0.3) is 5.91 Å². The molecule has 0 N–H and O–H groups in total. The van der Waals surface area contributed by atoms with Gasteiger partial charge >= 0.3 is 0 Å². The summed E-state index contributed by atoms with van der Waals surface area (Å²) < 4.78 is 1.13. The molecule has 0 saturated carbocycles. The van der Waals surface area contributed by atoms with Gasteiger partial charge in [0, 0.05) is 11.8 Å². The number of para-hydroxylation sites is 1. The van der Waals surface area contributed by atoms with Crippen molar-refractivity contribution in [3.05, 3.63) is 29.3 Å². The van der Waals surface area contributed by atoms with Crippen LogP contribution in [-0.4, -0.2) is 11.3 Å². The molecule has 1 aromatic carbocycles. The van der Waals surface area contributed by atoms with Gasteiger partial charge in [-0.05, 0) is 31.4 Å². The van der Waals surface area contributed by atoms with Gasteiger partial charge in [-0.25, -0.2) is 4.42 Å². The Labute approximate surface area is 106 Å². The summed E-state index contributed by atoms with van der Waals surface area (Å²) >= 11 is 11.8. The second-order valence-electron chi connectivity index (χ2n) is 3.67. The maximum absolute atomic E-state index is 11.7. The summed E-state index contributed by atoms with van der Waals surface area (Å²) in [5.41, 5.74) is 2.77. The van der Waals surface area contributed by atoms with Crippen molar-refractivity contribution in [3.8, 4) is 0 Å². The molecule has 1 unspecified atom stereocenters. The molecule has 4 heteroatoms. The molecule has 88 valence electrons. The minimum Gasteiger partial charge on any atom is -0.271 e. The highest BCUT2D eigenvalue weighted by atomic mass is 35.5. The highest BCUT2D eigenvalue weighted by molar-refractivity contribution is 6.43. The summed E-state index contributed by atoms with van der Waals surface area (Å²) in [4.78, 5) is 11.7. The minimum absolute atomic E-state index is 0.299. The smallest absolute Gasteiger partial charge is 0.259 e. The third-order valence-electron chi connectivity index (χ3n) is 2.43. The first-order chi connectivity index (χ1) is 7.49. The summed E-state index contributed by atoms with van der Waals surface area (Å²) in [6, 6.07) is 5.84. The minimum atomic E-state index is -0.623. The highest BCUT2D eigenvalue weighted by Gasteiger charge is 2.21. The second-order valence-corrected chi connectivity index (χ2v) is 4.66. The normalized spacial score (nSPS) is 12.3. The molecule has 1 atom stereocenters. The van der Waals surface area contributed by atoms with Gasteiger partial charge in [-0.3, -0.25) is 4.79 Å². The summed E-state index contributed by atoms with van der Waals surface area (Å²) in [6.07, 6.45) is 0.824. The van der Waals surface area contributed by atoms with Crippen LogP contribution >= 0.6 is 23.4 Å². The van der Waals surface area contributed by atoms with Gasteiger partial charge in [-0.15, -0.1) is 11.6 Å². The molecule has 1 aromatic rings. The van der Waals surface area contributed by atoms with Gasteiger partial charge in [-0.1, -0.05) is 25.1 Å². The van der Waals surface area contributed by atoms with Gasteiger partial charge in [0.1, 0.15) is 5.38 Å². The predicted octanol–water partition coefficient (Wildman–Crippen LogP) is 3.67. The zero-order chi connectivity index (χ0) is 12.3. The number of halogens is 2. The van der Waals surface area contributed by atoms with Crippen molar-refractivity contribution in [2.75, 3.05) is 4.42 Å². The SMILES string of the molecule is CCc1cccc(C)c1N(Cl)C(=O)C(C)Cl. The Balaban J connectivity index is 3.16. The predicted molar refractivity (Wildman–Crippen MR) is 69.2 cm³/mol. The summed E-state index contributed by atoms with van der Waals surface area (Å²) in [7, 11) is 0. The summed E-state index contributed by atoms with van der Waals surface area (Å²) in [6.45, 7) is 5.57. The van der Waals surface area contributed by atoms with E-state index in [0.29, 0.717) is 0 Å². The van der Waals surface area contributed by atoms with Gasteiger partial charge in [0.15, 0.2) is 0 Å². The molecule has 0 aliphatic heterocycles. The first-order valence-corrected chi connectivity index (χ1v) is 5.98. The number of alkyl halides is 1. The van der Waals surface area contributed by atoms with E-state index in [1.54, 1.807) is 6.92 Å². The molecule has 0 fully saturated rings. The molecule has 16 heavy (non-hydrogen) atoms. The van der Waals surface area contributed by atoms with Crippen LogP contribution in [0, 0.1) is 6.92 Å². The monoisotopic (exact) mass is 259 g/mol. The van der Waals surface area contributed by atoms with E-state index in [2.05, 4.69) is 0 Å². The zero-order valence-electron chi connectivity index (χ0n) is 9.63. The molecule has 0 aliphatic rings. The summed E-state index contributed by atoms with van der Waals surface area (Å²) in [5, 5.41) is -0.623. The first kappa shape index (κ1) is 13.3. The van der Waals surface area contributed by atoms with E-state index in [9.17, 15) is 4.79 Å². The number of carbonyl (C=O) groups is 1. The highest BCUT2D eigenvalue weighted by Crippen LogP contribution is 2.28. The molecule has 0 bridgehead atoms. The summed E-state index contributed by atoms with van der Waals surface area (Å²) in [5.74, 6) is -0.299. The van der Waals surface area contributed by atoms with E-state index in [4.69, 9.17) is 23.4 Å². The van der Waals surface area contributed by atoms with Crippen LogP contribution in [0.1, 0.15) is 25.0 Å². The average Bonchev–Trinajstić information content (AvgIpc) is 2.26. The molecule has 0 aromatic heterocycles. The van der Waals surface area contributed by atoms with E-state index in [-0.39, 0.29) is 5.91 Å². The quantitative estimate of drug-likeness (QED) is 0.599. The zero-order valence-corrected chi connectivity index (χ0v) is 11.1. The molecular weight excluding hydrogens is 245 g/mol. The van der Waals surface area contributed by atoms with Crippen molar-refractivity contribution in [3.63, 3.8) is 0 Å². The van der Waals surface area contributed by atoms with Crippen LogP contribution in [0.25, 0.3) is 0 Å². The lowest BCUT2D eigenvalue weighted by molar-refractivity contribution is -0.116. The van der Waals surface area contributed by atoms with Crippen molar-refractivity contribution in [1.82, 2.24) is 0 Å². The molecule has 1 amide bonds. The van der Waals surface area contributed by atoms with Crippen LogP contribution in [0.3, 0.4) is 0 Å². The third kappa shape index (κ3) is 2.69. The number of benzene rings is 1. The van der Waals surface area contributed by atoms with Gasteiger partial charge in [-0.2, -0.15) is 0 Å². The Morgan fingerprint density at radius 3 is 2.62 bits per heavy atom. The largest absolute Gasteiger partial charge is 0.271 e. The van der Waals surface area contributed by atoms with Crippen LogP contribution in [-0.2, 0) is 11.2 Å². The van der Waals surface area contributed by atoms with E-state index in [0.717, 1.165) is 27.7 Å². The van der Waals surface area contributed by atoms with Gasteiger partial charge < -0.3 is 0 Å². The third-order valence-corrected chi connectivity index (χ3v) is 2.95. The van der Waals surface area contributed by atoms with Crippen molar-refractivity contribution in [1.29, 1.82) is 0 Å². The number of anilines is 1. The standard InChI is InChI=1S/C12H15Cl2NO/c1-4-10-7-5-6-8(2)11(10)15(14)12(16)9(3)13/h5-7,9H,4H2,1-3H3.